The van der Waals surface area contributed by atoms with E-state index in [9.17, 15) is 4.79 Å². The molecule has 2 saturated heterocycles. The molecule has 4 nitrogen and oxygen atoms in total. The van der Waals surface area contributed by atoms with E-state index in [0.29, 0.717) is 33.4 Å². The van der Waals surface area contributed by atoms with Gasteiger partial charge in [0.2, 0.25) is 0 Å². The molecule has 2 N–H and O–H groups in total. The first-order valence-corrected chi connectivity index (χ1v) is 7.98. The average Bonchev–Trinajstić information content (AvgIpc) is 2.67. The SMILES string of the molecule is CN1C2CCC1CN(C(=O)c1cc(N)cc(Cl)c1Cl)CC2. The highest BCUT2D eigenvalue weighted by Crippen LogP contribution is 2.32. The second kappa shape index (κ2) is 5.67. The van der Waals surface area contributed by atoms with Gasteiger partial charge in [-0.05, 0) is 38.4 Å². The Bertz CT molecular complexity index is 578. The first-order chi connectivity index (χ1) is 9.97. The predicted molar refractivity (Wildman–Crippen MR) is 86.0 cm³/mol. The van der Waals surface area contributed by atoms with Crippen molar-refractivity contribution >= 4 is 34.8 Å². The third-order valence-corrected chi connectivity index (χ3v) is 5.52. The third-order valence-electron chi connectivity index (χ3n) is 4.72. The Balaban J connectivity index is 1.86. The Morgan fingerprint density at radius 2 is 1.95 bits per heavy atom. The monoisotopic (exact) mass is 327 g/mol. The molecule has 2 unspecified atom stereocenters. The van der Waals surface area contributed by atoms with Crippen LogP contribution in [0.25, 0.3) is 0 Å². The maximum atomic E-state index is 12.8. The number of halogens is 2. The number of nitrogen functional groups attached to an aromatic ring is 1. The molecule has 3 rings (SSSR count). The third kappa shape index (κ3) is 2.72. The summed E-state index contributed by atoms with van der Waals surface area (Å²) in [6, 6.07) is 4.21. The van der Waals surface area contributed by atoms with Crippen molar-refractivity contribution < 1.29 is 4.79 Å². The van der Waals surface area contributed by atoms with Crippen LogP contribution in [0, 0.1) is 0 Å². The topological polar surface area (TPSA) is 49.6 Å². The molecule has 2 atom stereocenters. The summed E-state index contributed by atoms with van der Waals surface area (Å²) in [5.74, 6) is -0.0739. The normalized spacial score (nSPS) is 26.0. The van der Waals surface area contributed by atoms with E-state index in [1.165, 1.54) is 6.42 Å². The number of carbonyl (C=O) groups excluding carboxylic acids is 1. The van der Waals surface area contributed by atoms with Crippen molar-refractivity contribution in [1.29, 1.82) is 0 Å². The largest absolute Gasteiger partial charge is 0.399 e. The number of anilines is 1. The van der Waals surface area contributed by atoms with Gasteiger partial charge in [-0.3, -0.25) is 9.69 Å². The van der Waals surface area contributed by atoms with Crippen molar-refractivity contribution in [2.75, 3.05) is 25.9 Å². The van der Waals surface area contributed by atoms with E-state index in [1.807, 2.05) is 4.90 Å². The summed E-state index contributed by atoms with van der Waals surface area (Å²) in [7, 11) is 2.15. The molecule has 2 aliphatic heterocycles. The number of rotatable bonds is 1. The minimum absolute atomic E-state index is 0.0739. The standard InChI is InChI=1S/C15H19Cl2N3O/c1-19-10-2-3-11(19)8-20(5-4-10)15(21)12-6-9(18)7-13(16)14(12)17/h6-7,10-11H,2-5,8,18H2,1H3. The Labute approximate surface area is 134 Å². The lowest BCUT2D eigenvalue weighted by Gasteiger charge is -2.26. The zero-order valence-electron chi connectivity index (χ0n) is 12.0. The maximum Gasteiger partial charge on any atom is 0.255 e. The van der Waals surface area contributed by atoms with Crippen LogP contribution in [0.15, 0.2) is 12.1 Å². The lowest BCUT2D eigenvalue weighted by molar-refractivity contribution is 0.0740. The molecule has 2 heterocycles. The van der Waals surface area contributed by atoms with Gasteiger partial charge in [-0.15, -0.1) is 0 Å². The molecule has 114 valence electrons. The number of fused-ring (bicyclic) bond motifs is 2. The van der Waals surface area contributed by atoms with E-state index in [1.54, 1.807) is 12.1 Å². The van der Waals surface area contributed by atoms with Gasteiger partial charge in [0.05, 0.1) is 15.6 Å². The van der Waals surface area contributed by atoms with Crippen molar-refractivity contribution in [3.63, 3.8) is 0 Å². The number of hydrogen-bond acceptors (Lipinski definition) is 3. The van der Waals surface area contributed by atoms with Gasteiger partial charge < -0.3 is 10.6 Å². The second-order valence-electron chi connectivity index (χ2n) is 5.95. The van der Waals surface area contributed by atoms with Crippen molar-refractivity contribution in [2.24, 2.45) is 0 Å². The summed E-state index contributed by atoms with van der Waals surface area (Å²) in [5, 5.41) is 0.618. The lowest BCUT2D eigenvalue weighted by atomic mass is 10.1. The molecule has 0 spiro atoms. The molecule has 2 bridgehead atoms. The summed E-state index contributed by atoms with van der Waals surface area (Å²) in [4.78, 5) is 17.1. The van der Waals surface area contributed by atoms with Crippen molar-refractivity contribution in [2.45, 2.75) is 31.3 Å². The second-order valence-corrected chi connectivity index (χ2v) is 6.74. The Morgan fingerprint density at radius 1 is 1.24 bits per heavy atom. The fourth-order valence-corrected chi connectivity index (χ4v) is 3.85. The molecule has 2 aliphatic rings. The minimum atomic E-state index is -0.0739. The predicted octanol–water partition coefficient (Wildman–Crippen LogP) is 2.88. The zero-order chi connectivity index (χ0) is 15.1. The molecule has 21 heavy (non-hydrogen) atoms. The molecule has 0 aromatic heterocycles. The fourth-order valence-electron chi connectivity index (χ4n) is 3.43. The zero-order valence-corrected chi connectivity index (χ0v) is 13.5. The van der Waals surface area contributed by atoms with Crippen LogP contribution in [0.4, 0.5) is 5.69 Å². The summed E-state index contributed by atoms with van der Waals surface area (Å²) >= 11 is 12.2. The van der Waals surface area contributed by atoms with Crippen molar-refractivity contribution in [3.8, 4) is 0 Å². The van der Waals surface area contributed by atoms with Crippen LogP contribution in [0.3, 0.4) is 0 Å². The Kier molecular flexibility index (Phi) is 4.04. The Hall–Kier alpha value is -0.970. The van der Waals surface area contributed by atoms with Crippen LogP contribution < -0.4 is 5.73 Å². The lowest BCUT2D eigenvalue weighted by Crippen LogP contribution is -2.39. The Morgan fingerprint density at radius 3 is 2.71 bits per heavy atom. The van der Waals surface area contributed by atoms with Gasteiger partial charge in [-0.1, -0.05) is 23.2 Å². The summed E-state index contributed by atoms with van der Waals surface area (Å²) in [5.41, 5.74) is 6.65. The molecule has 1 aromatic rings. The molecule has 0 saturated carbocycles. The first-order valence-electron chi connectivity index (χ1n) is 7.23. The van der Waals surface area contributed by atoms with Gasteiger partial charge in [0.1, 0.15) is 0 Å². The fraction of sp³-hybridized carbons (Fsp3) is 0.533. The van der Waals surface area contributed by atoms with E-state index in [2.05, 4.69) is 11.9 Å². The number of hydrogen-bond donors (Lipinski definition) is 1. The van der Waals surface area contributed by atoms with Gasteiger partial charge in [-0.2, -0.15) is 0 Å². The van der Waals surface area contributed by atoms with Crippen LogP contribution >= 0.6 is 23.2 Å². The van der Waals surface area contributed by atoms with Gasteiger partial charge in [0.15, 0.2) is 0 Å². The number of nitrogens with two attached hydrogens (primary N) is 1. The average molecular weight is 328 g/mol. The molecular weight excluding hydrogens is 309 g/mol. The highest BCUT2D eigenvalue weighted by molar-refractivity contribution is 6.44. The maximum absolute atomic E-state index is 12.8. The van der Waals surface area contributed by atoms with E-state index in [-0.39, 0.29) is 5.91 Å². The van der Waals surface area contributed by atoms with Crippen LogP contribution in [-0.2, 0) is 0 Å². The highest BCUT2D eigenvalue weighted by atomic mass is 35.5. The summed E-state index contributed by atoms with van der Waals surface area (Å²) in [6.45, 7) is 1.50. The quantitative estimate of drug-likeness (QED) is 0.807. The van der Waals surface area contributed by atoms with Crippen molar-refractivity contribution in [3.05, 3.63) is 27.7 Å². The van der Waals surface area contributed by atoms with Gasteiger partial charge >= 0.3 is 0 Å². The molecule has 2 fully saturated rings. The highest BCUT2D eigenvalue weighted by Gasteiger charge is 2.36. The van der Waals surface area contributed by atoms with E-state index >= 15 is 0 Å². The van der Waals surface area contributed by atoms with Gasteiger partial charge in [0.25, 0.3) is 5.91 Å². The van der Waals surface area contributed by atoms with Gasteiger partial charge in [-0.25, -0.2) is 0 Å². The number of carbonyl (C=O) groups is 1. The van der Waals surface area contributed by atoms with E-state index in [0.717, 1.165) is 25.9 Å². The number of benzene rings is 1. The smallest absolute Gasteiger partial charge is 0.255 e. The molecule has 0 radical (unpaired) electrons. The number of nitrogens with zero attached hydrogens (tertiary/aromatic N) is 2. The summed E-state index contributed by atoms with van der Waals surface area (Å²) in [6.07, 6.45) is 3.39. The number of likely N-dealkylation sites (N-methyl/N-ethyl adjacent to an activating group) is 1. The van der Waals surface area contributed by atoms with E-state index in [4.69, 9.17) is 28.9 Å². The molecule has 6 heteroatoms. The van der Waals surface area contributed by atoms with Crippen LogP contribution in [0.5, 0.6) is 0 Å². The molecule has 1 amide bonds. The molecule has 0 aliphatic carbocycles. The van der Waals surface area contributed by atoms with Crippen LogP contribution in [0.2, 0.25) is 10.0 Å². The number of amides is 1. The first kappa shape index (κ1) is 14.9. The summed E-state index contributed by atoms with van der Waals surface area (Å²) < 4.78 is 0. The van der Waals surface area contributed by atoms with Crippen molar-refractivity contribution in [1.82, 2.24) is 9.80 Å². The van der Waals surface area contributed by atoms with Crippen LogP contribution in [-0.4, -0.2) is 47.9 Å². The van der Waals surface area contributed by atoms with E-state index < -0.39 is 0 Å². The molecule has 1 aromatic carbocycles. The minimum Gasteiger partial charge on any atom is -0.399 e. The van der Waals surface area contributed by atoms with Crippen LogP contribution in [0.1, 0.15) is 29.6 Å². The molecular formula is C15H19Cl2N3O. The van der Waals surface area contributed by atoms with Gasteiger partial charge in [0, 0.05) is 30.9 Å². The number of likely N-dealkylation sites (tertiary alicyclic amines) is 1.